The van der Waals surface area contributed by atoms with Gasteiger partial charge in [0.15, 0.2) is 11.5 Å². The minimum absolute atomic E-state index is 0.297. The van der Waals surface area contributed by atoms with Crippen molar-refractivity contribution in [2.75, 3.05) is 30.4 Å². The van der Waals surface area contributed by atoms with Gasteiger partial charge in [-0.1, -0.05) is 11.6 Å². The number of ether oxygens (including phenoxy) is 1. The van der Waals surface area contributed by atoms with E-state index in [0.717, 1.165) is 48.2 Å². The van der Waals surface area contributed by atoms with E-state index < -0.39 is 0 Å². The van der Waals surface area contributed by atoms with Gasteiger partial charge in [-0.25, -0.2) is 0 Å². The van der Waals surface area contributed by atoms with Gasteiger partial charge in [0.1, 0.15) is 11.6 Å². The molecule has 8 heteroatoms. The summed E-state index contributed by atoms with van der Waals surface area (Å²) >= 11 is 6.16. The zero-order valence-corrected chi connectivity index (χ0v) is 14.9. The smallest absolute Gasteiger partial charge is 0.178 e. The summed E-state index contributed by atoms with van der Waals surface area (Å²) in [5.41, 5.74) is 1.78. The van der Waals surface area contributed by atoms with Gasteiger partial charge in [-0.15, -0.1) is 15.3 Å². The number of fused-ring (bicyclic) bond motifs is 1. The number of methoxy groups -OCH3 is 1. The van der Waals surface area contributed by atoms with Crippen molar-refractivity contribution in [3.63, 3.8) is 0 Å². The highest BCUT2D eigenvalue weighted by Gasteiger charge is 2.25. The van der Waals surface area contributed by atoms with Crippen molar-refractivity contribution in [1.82, 2.24) is 19.8 Å². The van der Waals surface area contributed by atoms with Gasteiger partial charge < -0.3 is 15.0 Å². The van der Waals surface area contributed by atoms with Crippen LogP contribution in [0.2, 0.25) is 5.02 Å². The Morgan fingerprint density at radius 2 is 2.12 bits per heavy atom. The van der Waals surface area contributed by atoms with E-state index >= 15 is 0 Å². The number of anilines is 2. The number of aryl methyl sites for hydroxylation is 1. The molecule has 1 fully saturated rings. The minimum Gasteiger partial charge on any atom is -0.495 e. The predicted octanol–water partition coefficient (Wildman–Crippen LogP) is 2.79. The lowest BCUT2D eigenvalue weighted by atomic mass is 10.2. The molecule has 2 aromatic heterocycles. The summed E-state index contributed by atoms with van der Waals surface area (Å²) in [5.74, 6) is 2.43. The van der Waals surface area contributed by atoms with E-state index in [1.165, 1.54) is 0 Å². The Morgan fingerprint density at radius 1 is 1.24 bits per heavy atom. The van der Waals surface area contributed by atoms with Gasteiger partial charge in [-0.3, -0.25) is 0 Å². The van der Waals surface area contributed by atoms with Crippen LogP contribution in [-0.2, 0) is 0 Å². The van der Waals surface area contributed by atoms with Crippen molar-refractivity contribution in [2.24, 2.45) is 0 Å². The number of benzene rings is 1. The Labute approximate surface area is 150 Å². The second kappa shape index (κ2) is 6.40. The summed E-state index contributed by atoms with van der Waals surface area (Å²) in [6.45, 7) is 3.68. The van der Waals surface area contributed by atoms with Crippen LogP contribution in [0.4, 0.5) is 11.5 Å². The lowest BCUT2D eigenvalue weighted by Crippen LogP contribution is -2.26. The number of halogens is 1. The van der Waals surface area contributed by atoms with Crippen LogP contribution in [-0.4, -0.2) is 46.1 Å². The van der Waals surface area contributed by atoms with Crippen LogP contribution >= 0.6 is 11.6 Å². The maximum Gasteiger partial charge on any atom is 0.178 e. The molecular formula is C17H19ClN6O. The first-order valence-corrected chi connectivity index (χ1v) is 8.56. The number of nitrogens with one attached hydrogen (secondary N) is 1. The molecule has 25 heavy (non-hydrogen) atoms. The van der Waals surface area contributed by atoms with Crippen LogP contribution in [0.25, 0.3) is 5.65 Å². The third-order valence-corrected chi connectivity index (χ3v) is 4.68. The van der Waals surface area contributed by atoms with Gasteiger partial charge in [-0.2, -0.15) is 4.52 Å². The fourth-order valence-corrected chi connectivity index (χ4v) is 3.36. The molecule has 0 saturated carbocycles. The SMILES string of the molecule is COc1ccc(Cl)cc1N1CCC(Nc2ccc3nnc(C)n3n2)C1. The molecule has 1 aliphatic rings. The fraction of sp³-hybridized carbons (Fsp3) is 0.353. The molecule has 4 rings (SSSR count). The summed E-state index contributed by atoms with van der Waals surface area (Å²) in [4.78, 5) is 2.28. The maximum absolute atomic E-state index is 6.16. The summed E-state index contributed by atoms with van der Waals surface area (Å²) in [5, 5.41) is 16.9. The van der Waals surface area contributed by atoms with Crippen molar-refractivity contribution in [1.29, 1.82) is 0 Å². The Hall–Kier alpha value is -2.54. The number of hydrogen-bond donors (Lipinski definition) is 1. The first-order valence-electron chi connectivity index (χ1n) is 8.18. The average molecular weight is 359 g/mol. The van der Waals surface area contributed by atoms with E-state index in [9.17, 15) is 0 Å². The molecule has 0 bridgehead atoms. The molecule has 0 amide bonds. The quantitative estimate of drug-likeness (QED) is 0.773. The zero-order valence-electron chi connectivity index (χ0n) is 14.1. The molecule has 3 aromatic rings. The van der Waals surface area contributed by atoms with Crippen molar-refractivity contribution in [2.45, 2.75) is 19.4 Å². The Balaban J connectivity index is 1.50. The molecule has 7 nitrogen and oxygen atoms in total. The van der Waals surface area contributed by atoms with Crippen LogP contribution in [0.15, 0.2) is 30.3 Å². The fourth-order valence-electron chi connectivity index (χ4n) is 3.19. The zero-order chi connectivity index (χ0) is 17.4. The van der Waals surface area contributed by atoms with Gasteiger partial charge in [0, 0.05) is 24.2 Å². The molecule has 0 radical (unpaired) electrons. The van der Waals surface area contributed by atoms with Crippen LogP contribution in [0.1, 0.15) is 12.2 Å². The number of hydrogen-bond acceptors (Lipinski definition) is 6. The summed E-state index contributed by atoms with van der Waals surface area (Å²) in [7, 11) is 1.68. The molecule has 3 heterocycles. The first kappa shape index (κ1) is 16.0. The average Bonchev–Trinajstić information content (AvgIpc) is 3.22. The van der Waals surface area contributed by atoms with Crippen LogP contribution in [0, 0.1) is 6.92 Å². The third kappa shape index (κ3) is 3.07. The highest BCUT2D eigenvalue weighted by Crippen LogP contribution is 2.33. The second-order valence-corrected chi connectivity index (χ2v) is 6.56. The van der Waals surface area contributed by atoms with Crippen LogP contribution in [0.3, 0.4) is 0 Å². The molecule has 1 saturated heterocycles. The topological polar surface area (TPSA) is 67.6 Å². The van der Waals surface area contributed by atoms with Gasteiger partial charge in [0.05, 0.1) is 12.8 Å². The van der Waals surface area contributed by atoms with Crippen molar-refractivity contribution in [3.8, 4) is 5.75 Å². The van der Waals surface area contributed by atoms with E-state index in [0.29, 0.717) is 11.1 Å². The van der Waals surface area contributed by atoms with E-state index in [1.807, 2.05) is 37.3 Å². The third-order valence-electron chi connectivity index (χ3n) is 4.44. The predicted molar refractivity (Wildman–Crippen MR) is 97.8 cm³/mol. The second-order valence-electron chi connectivity index (χ2n) is 6.13. The largest absolute Gasteiger partial charge is 0.495 e. The molecule has 130 valence electrons. The van der Waals surface area contributed by atoms with Crippen molar-refractivity contribution in [3.05, 3.63) is 41.2 Å². The molecule has 1 unspecified atom stereocenters. The van der Waals surface area contributed by atoms with E-state index in [4.69, 9.17) is 16.3 Å². The van der Waals surface area contributed by atoms with Crippen molar-refractivity contribution >= 4 is 28.8 Å². The Kier molecular flexibility index (Phi) is 4.09. The Bertz CT molecular complexity index is 911. The van der Waals surface area contributed by atoms with E-state index in [-0.39, 0.29) is 0 Å². The van der Waals surface area contributed by atoms with Gasteiger partial charge in [0.2, 0.25) is 0 Å². The minimum atomic E-state index is 0.297. The molecule has 1 aliphatic heterocycles. The van der Waals surface area contributed by atoms with Crippen LogP contribution in [0.5, 0.6) is 5.75 Å². The monoisotopic (exact) mass is 358 g/mol. The van der Waals surface area contributed by atoms with Gasteiger partial charge in [0.25, 0.3) is 0 Å². The summed E-state index contributed by atoms with van der Waals surface area (Å²) in [6.07, 6.45) is 1.01. The van der Waals surface area contributed by atoms with Gasteiger partial charge in [-0.05, 0) is 43.7 Å². The number of aromatic nitrogens is 4. The molecule has 1 N–H and O–H groups in total. The molecule has 1 atom stereocenters. The lowest BCUT2D eigenvalue weighted by Gasteiger charge is -2.22. The maximum atomic E-state index is 6.16. The Morgan fingerprint density at radius 3 is 2.96 bits per heavy atom. The molecule has 0 aliphatic carbocycles. The first-order chi connectivity index (χ1) is 12.1. The lowest BCUT2D eigenvalue weighted by molar-refractivity contribution is 0.415. The summed E-state index contributed by atoms with van der Waals surface area (Å²) < 4.78 is 7.21. The van der Waals surface area contributed by atoms with Crippen molar-refractivity contribution < 1.29 is 4.74 Å². The van der Waals surface area contributed by atoms with Gasteiger partial charge >= 0.3 is 0 Å². The molecular weight excluding hydrogens is 340 g/mol. The summed E-state index contributed by atoms with van der Waals surface area (Å²) in [6, 6.07) is 9.85. The molecule has 1 aromatic carbocycles. The van der Waals surface area contributed by atoms with E-state index in [1.54, 1.807) is 11.6 Å². The standard InChI is InChI=1S/C17H19ClN6O/c1-11-20-21-17-6-5-16(22-24(11)17)19-13-7-8-23(10-13)14-9-12(18)3-4-15(14)25-2/h3-6,9,13H,7-8,10H2,1-2H3,(H,19,22). The number of nitrogens with zero attached hydrogens (tertiary/aromatic N) is 5. The highest BCUT2D eigenvalue weighted by atomic mass is 35.5. The number of rotatable bonds is 4. The normalized spacial score (nSPS) is 17.2. The van der Waals surface area contributed by atoms with E-state index in [2.05, 4.69) is 25.5 Å². The highest BCUT2D eigenvalue weighted by molar-refractivity contribution is 6.30. The van der Waals surface area contributed by atoms with Crippen LogP contribution < -0.4 is 15.0 Å². The molecule has 0 spiro atoms.